The first-order valence-corrected chi connectivity index (χ1v) is 12.0. The number of nitrogens with one attached hydrogen (secondary N) is 1. The molecule has 158 valence electrons. The van der Waals surface area contributed by atoms with Crippen LogP contribution in [-0.4, -0.2) is 45.1 Å². The maximum Gasteiger partial charge on any atom is 0.243 e. The first-order valence-electron chi connectivity index (χ1n) is 9.31. The summed E-state index contributed by atoms with van der Waals surface area (Å²) in [5, 5.41) is 2.88. The molecule has 2 rings (SSSR count). The van der Waals surface area contributed by atoms with Crippen molar-refractivity contribution in [1.82, 2.24) is 9.62 Å². The molecule has 6 nitrogen and oxygen atoms in total. The number of rotatable bonds is 9. The Bertz CT molecular complexity index is 944. The van der Waals surface area contributed by atoms with E-state index >= 15 is 0 Å². The van der Waals surface area contributed by atoms with E-state index in [-0.39, 0.29) is 29.9 Å². The topological polar surface area (TPSA) is 75.7 Å². The Labute approximate surface area is 177 Å². The van der Waals surface area contributed by atoms with Crippen LogP contribution < -0.4 is 10.1 Å². The largest absolute Gasteiger partial charge is 0.496 e. The predicted molar refractivity (Wildman–Crippen MR) is 117 cm³/mol. The zero-order chi connectivity index (χ0) is 21.6. The molecule has 2 aromatic carbocycles. The number of thioether (sulfide) groups is 1. The number of benzene rings is 2. The number of amides is 1. The number of hydrogen-bond donors (Lipinski definition) is 1. The van der Waals surface area contributed by atoms with Gasteiger partial charge in [0.2, 0.25) is 15.9 Å². The summed E-state index contributed by atoms with van der Waals surface area (Å²) in [6, 6.07) is 12.4. The molecule has 0 saturated carbocycles. The monoisotopic (exact) mass is 436 g/mol. The molecule has 8 heteroatoms. The van der Waals surface area contributed by atoms with Gasteiger partial charge in [0.05, 0.1) is 24.6 Å². The zero-order valence-electron chi connectivity index (χ0n) is 17.4. The highest BCUT2D eigenvalue weighted by Crippen LogP contribution is 2.24. The van der Waals surface area contributed by atoms with Crippen LogP contribution in [-0.2, 0) is 14.8 Å². The van der Waals surface area contributed by atoms with Crippen molar-refractivity contribution in [3.63, 3.8) is 0 Å². The second-order valence-electron chi connectivity index (χ2n) is 6.63. The average molecular weight is 437 g/mol. The Kier molecular flexibility index (Phi) is 8.13. The summed E-state index contributed by atoms with van der Waals surface area (Å²) in [4.78, 5) is 13.8. The summed E-state index contributed by atoms with van der Waals surface area (Å²) in [5.74, 6) is 0.271. The highest BCUT2D eigenvalue weighted by atomic mass is 32.2. The molecular formula is C21H28N2O4S2. The van der Waals surface area contributed by atoms with Gasteiger partial charge in [0.25, 0.3) is 0 Å². The lowest BCUT2D eigenvalue weighted by Crippen LogP contribution is -2.41. The summed E-state index contributed by atoms with van der Waals surface area (Å²) in [6.07, 6.45) is 2.00. The van der Waals surface area contributed by atoms with E-state index in [2.05, 4.69) is 5.32 Å². The van der Waals surface area contributed by atoms with Gasteiger partial charge >= 0.3 is 0 Å². The molecule has 0 bridgehead atoms. The second-order valence-corrected chi connectivity index (χ2v) is 9.44. The van der Waals surface area contributed by atoms with Gasteiger partial charge in [0.1, 0.15) is 5.75 Å². The van der Waals surface area contributed by atoms with E-state index in [4.69, 9.17) is 4.74 Å². The van der Waals surface area contributed by atoms with E-state index in [9.17, 15) is 13.2 Å². The number of carbonyl (C=O) groups is 1. The van der Waals surface area contributed by atoms with Gasteiger partial charge in [-0.05, 0) is 61.6 Å². The number of sulfonamides is 1. The van der Waals surface area contributed by atoms with Gasteiger partial charge in [0.15, 0.2) is 0 Å². The second kappa shape index (κ2) is 10.1. The van der Waals surface area contributed by atoms with E-state index in [0.29, 0.717) is 5.75 Å². The molecule has 0 heterocycles. The van der Waals surface area contributed by atoms with Crippen LogP contribution in [0.15, 0.2) is 52.3 Å². The molecule has 0 aliphatic carbocycles. The number of methoxy groups -OCH3 is 1. The van der Waals surface area contributed by atoms with E-state index < -0.39 is 10.0 Å². The molecule has 29 heavy (non-hydrogen) atoms. The van der Waals surface area contributed by atoms with Crippen LogP contribution in [0.2, 0.25) is 0 Å². The zero-order valence-corrected chi connectivity index (χ0v) is 19.1. The van der Waals surface area contributed by atoms with Crippen molar-refractivity contribution in [1.29, 1.82) is 0 Å². The number of nitrogens with zero attached hydrogens (tertiary/aromatic N) is 1. The minimum Gasteiger partial charge on any atom is -0.496 e. The Morgan fingerprint density at radius 3 is 2.38 bits per heavy atom. The van der Waals surface area contributed by atoms with E-state index in [0.717, 1.165) is 16.0 Å². The number of carbonyl (C=O) groups excluding carboxylic acids is 1. The van der Waals surface area contributed by atoms with Crippen LogP contribution >= 0.6 is 11.8 Å². The fraction of sp³-hybridized carbons (Fsp3) is 0.381. The molecule has 1 amide bonds. The molecule has 1 atom stereocenters. The molecule has 0 aliphatic heterocycles. The fourth-order valence-electron chi connectivity index (χ4n) is 2.95. The summed E-state index contributed by atoms with van der Waals surface area (Å²) < 4.78 is 32.3. The highest BCUT2D eigenvalue weighted by molar-refractivity contribution is 7.98. The lowest BCUT2D eigenvalue weighted by Gasteiger charge is -2.22. The standard InChI is InChI=1S/C21H28N2O4S2/c1-6-23(29(25,26)19-11-12-20(27-4)15(2)13-19)14-21(24)22-16(3)17-7-9-18(28-5)10-8-17/h7-13,16H,6,14H2,1-5H3,(H,22,24)/t16-/m0/s1. The van der Waals surface area contributed by atoms with Crippen LogP contribution in [0.3, 0.4) is 0 Å². The van der Waals surface area contributed by atoms with Crippen molar-refractivity contribution in [2.75, 3.05) is 26.5 Å². The Hall–Kier alpha value is -2.03. The van der Waals surface area contributed by atoms with Gasteiger partial charge in [-0.1, -0.05) is 19.1 Å². The van der Waals surface area contributed by atoms with Gasteiger partial charge in [-0.15, -0.1) is 11.8 Å². The maximum atomic E-state index is 13.0. The van der Waals surface area contributed by atoms with Crippen molar-refractivity contribution in [3.05, 3.63) is 53.6 Å². The lowest BCUT2D eigenvalue weighted by molar-refractivity contribution is -0.121. The van der Waals surface area contributed by atoms with Crippen molar-refractivity contribution >= 4 is 27.7 Å². The number of likely N-dealkylation sites (N-methyl/N-ethyl adjacent to an activating group) is 1. The van der Waals surface area contributed by atoms with Gasteiger partial charge < -0.3 is 10.1 Å². The molecule has 0 unspecified atom stereocenters. The average Bonchev–Trinajstić information content (AvgIpc) is 2.71. The van der Waals surface area contributed by atoms with E-state index in [1.54, 1.807) is 37.7 Å². The van der Waals surface area contributed by atoms with Gasteiger partial charge in [-0.2, -0.15) is 4.31 Å². The van der Waals surface area contributed by atoms with Crippen LogP contribution in [0.4, 0.5) is 0 Å². The third kappa shape index (κ3) is 5.74. The van der Waals surface area contributed by atoms with Gasteiger partial charge in [0, 0.05) is 11.4 Å². The molecule has 0 aliphatic rings. The lowest BCUT2D eigenvalue weighted by atomic mass is 10.1. The quantitative estimate of drug-likeness (QED) is 0.608. The summed E-state index contributed by atoms with van der Waals surface area (Å²) in [6.45, 7) is 5.33. The van der Waals surface area contributed by atoms with Crippen LogP contribution in [0.5, 0.6) is 5.75 Å². The molecule has 0 fully saturated rings. The van der Waals surface area contributed by atoms with Gasteiger partial charge in [-0.3, -0.25) is 4.79 Å². The predicted octanol–water partition coefficient (Wildman–Crippen LogP) is 3.61. The molecule has 1 N–H and O–H groups in total. The molecule has 0 radical (unpaired) electrons. The summed E-state index contributed by atoms with van der Waals surface area (Å²) in [7, 11) is -2.25. The van der Waals surface area contributed by atoms with Crippen molar-refractivity contribution in [2.24, 2.45) is 0 Å². The molecule has 0 saturated heterocycles. The SMILES string of the molecule is CCN(CC(=O)N[C@@H](C)c1ccc(SC)cc1)S(=O)(=O)c1ccc(OC)c(C)c1. The third-order valence-electron chi connectivity index (χ3n) is 4.67. The van der Waals surface area contributed by atoms with Gasteiger partial charge in [-0.25, -0.2) is 8.42 Å². The van der Waals surface area contributed by atoms with Crippen molar-refractivity contribution in [2.45, 2.75) is 36.6 Å². The van der Waals surface area contributed by atoms with E-state index in [1.165, 1.54) is 17.5 Å². The summed E-state index contributed by atoms with van der Waals surface area (Å²) in [5.41, 5.74) is 1.68. The Morgan fingerprint density at radius 1 is 1.21 bits per heavy atom. The van der Waals surface area contributed by atoms with Crippen molar-refractivity contribution < 1.29 is 17.9 Å². The van der Waals surface area contributed by atoms with Crippen molar-refractivity contribution in [3.8, 4) is 5.75 Å². The van der Waals surface area contributed by atoms with Crippen LogP contribution in [0, 0.1) is 6.92 Å². The van der Waals surface area contributed by atoms with E-state index in [1.807, 2.05) is 37.4 Å². The van der Waals surface area contributed by atoms with Crippen LogP contribution in [0.1, 0.15) is 31.0 Å². The Morgan fingerprint density at radius 2 is 1.86 bits per heavy atom. The molecule has 0 aromatic heterocycles. The number of hydrogen-bond acceptors (Lipinski definition) is 5. The normalized spacial score (nSPS) is 12.6. The number of aryl methyl sites for hydroxylation is 1. The first kappa shape index (κ1) is 23.3. The highest BCUT2D eigenvalue weighted by Gasteiger charge is 2.26. The Balaban J connectivity index is 2.10. The fourth-order valence-corrected chi connectivity index (χ4v) is 4.85. The first-order chi connectivity index (χ1) is 13.7. The molecule has 2 aromatic rings. The minimum atomic E-state index is -3.79. The maximum absolute atomic E-state index is 13.0. The smallest absolute Gasteiger partial charge is 0.243 e. The number of ether oxygens (including phenoxy) is 1. The van der Waals surface area contributed by atoms with Crippen LogP contribution in [0.25, 0.3) is 0 Å². The molecule has 0 spiro atoms. The molecular weight excluding hydrogens is 408 g/mol. The minimum absolute atomic E-state index is 0.145. The summed E-state index contributed by atoms with van der Waals surface area (Å²) >= 11 is 1.65. The third-order valence-corrected chi connectivity index (χ3v) is 7.33.